The van der Waals surface area contributed by atoms with Gasteiger partial charge in [0.2, 0.25) is 11.8 Å². The molecule has 5 atom stereocenters. The van der Waals surface area contributed by atoms with Crippen LogP contribution in [0.3, 0.4) is 0 Å². The molecule has 0 aliphatic carbocycles. The molecular weight excluding hydrogens is 836 g/mol. The van der Waals surface area contributed by atoms with Crippen molar-refractivity contribution in [2.45, 2.75) is 67.5 Å². The van der Waals surface area contributed by atoms with Crippen LogP contribution in [-0.2, 0) is 38.1 Å². The van der Waals surface area contributed by atoms with Crippen LogP contribution in [0.25, 0.3) is 11.0 Å². The maximum absolute atomic E-state index is 14.4. The van der Waals surface area contributed by atoms with Crippen molar-refractivity contribution in [1.29, 1.82) is 0 Å². The van der Waals surface area contributed by atoms with Gasteiger partial charge in [-0.3, -0.25) is 29.4 Å². The largest absolute Gasteiger partial charge is 0.463 e. The van der Waals surface area contributed by atoms with Crippen molar-refractivity contribution in [3.63, 3.8) is 0 Å². The van der Waals surface area contributed by atoms with Crippen molar-refractivity contribution < 1.29 is 52.1 Å². The van der Waals surface area contributed by atoms with E-state index in [0.717, 1.165) is 4.90 Å². The number of nitrogens with one attached hydrogen (secondary N) is 1. The van der Waals surface area contributed by atoms with Gasteiger partial charge in [-0.2, -0.15) is 0 Å². The van der Waals surface area contributed by atoms with Gasteiger partial charge >= 0.3 is 23.7 Å². The predicted octanol–water partition coefficient (Wildman–Crippen LogP) is 5.56. The highest BCUT2D eigenvalue weighted by molar-refractivity contribution is 9.10. The number of halogens is 2. The number of carbonyl (C=O) groups is 5. The highest BCUT2D eigenvalue weighted by atomic mass is 79.9. The third-order valence-corrected chi connectivity index (χ3v) is 10.2. The SMILES string of the molecule is Cc1cc(=O)oc2cc(NC(=O)OC(C)[C@]34O[C@](COC(=O)C(C)(C)Br)(C=C3Oc3ccccc3)[C@@H]3C(=O)N(CCOC(=O)C(C)(C)Br)C(=O)[C@@H]34)ccc12. The summed E-state index contributed by atoms with van der Waals surface area (Å²) in [5, 5.41) is 3.30. The van der Waals surface area contributed by atoms with E-state index in [-0.39, 0.29) is 30.2 Å². The fourth-order valence-corrected chi connectivity index (χ4v) is 7.17. The lowest BCUT2D eigenvalue weighted by molar-refractivity contribution is -0.171. The molecule has 3 aliphatic heterocycles. The van der Waals surface area contributed by atoms with Crippen LogP contribution in [0.1, 0.15) is 40.2 Å². The number of ether oxygens (including phenoxy) is 5. The van der Waals surface area contributed by atoms with Crippen LogP contribution >= 0.6 is 31.9 Å². The number of carbonyl (C=O) groups excluding carboxylic acids is 5. The van der Waals surface area contributed by atoms with Gasteiger partial charge in [0.25, 0.3) is 0 Å². The summed E-state index contributed by atoms with van der Waals surface area (Å²) in [6.07, 6.45) is -0.763. The van der Waals surface area contributed by atoms with Gasteiger partial charge in [-0.1, -0.05) is 50.1 Å². The maximum atomic E-state index is 14.4. The third kappa shape index (κ3) is 7.18. The molecule has 2 saturated heterocycles. The molecule has 0 spiro atoms. The first kappa shape index (κ1) is 39.2. The molecule has 286 valence electrons. The van der Waals surface area contributed by atoms with E-state index in [2.05, 4.69) is 37.2 Å². The summed E-state index contributed by atoms with van der Waals surface area (Å²) in [7, 11) is 0. The molecule has 3 aliphatic rings. The maximum Gasteiger partial charge on any atom is 0.412 e. The predicted molar refractivity (Wildman–Crippen MR) is 200 cm³/mol. The summed E-state index contributed by atoms with van der Waals surface area (Å²) in [6, 6.07) is 14.7. The zero-order valence-corrected chi connectivity index (χ0v) is 33.4. The molecule has 3 aromatic rings. The van der Waals surface area contributed by atoms with Crippen LogP contribution in [0.4, 0.5) is 10.5 Å². The summed E-state index contributed by atoms with van der Waals surface area (Å²) >= 11 is 6.53. The summed E-state index contributed by atoms with van der Waals surface area (Å²) in [6.45, 7) is 8.56. The van der Waals surface area contributed by atoms with Crippen molar-refractivity contribution in [2.24, 2.45) is 11.8 Å². The smallest absolute Gasteiger partial charge is 0.412 e. The third-order valence-electron chi connectivity index (χ3n) is 9.51. The van der Waals surface area contributed by atoms with Gasteiger partial charge in [0.05, 0.1) is 18.4 Å². The van der Waals surface area contributed by atoms with E-state index in [1.807, 2.05) is 0 Å². The number of imide groups is 1. The number of anilines is 1. The molecule has 2 bridgehead atoms. The Kier molecular flexibility index (Phi) is 10.3. The van der Waals surface area contributed by atoms with Gasteiger partial charge in [-0.15, -0.1) is 0 Å². The van der Waals surface area contributed by atoms with Crippen LogP contribution in [-0.4, -0.2) is 80.5 Å². The number of aryl methyl sites for hydroxylation is 1. The van der Waals surface area contributed by atoms with E-state index in [1.54, 1.807) is 77.1 Å². The molecule has 1 aromatic heterocycles. The van der Waals surface area contributed by atoms with Gasteiger partial charge in [-0.25, -0.2) is 9.59 Å². The zero-order chi connectivity index (χ0) is 39.4. The monoisotopic (exact) mass is 872 g/mol. The van der Waals surface area contributed by atoms with Crippen LogP contribution in [0, 0.1) is 18.8 Å². The molecule has 54 heavy (non-hydrogen) atoms. The van der Waals surface area contributed by atoms with Crippen LogP contribution in [0.2, 0.25) is 0 Å². The van der Waals surface area contributed by atoms with Crippen LogP contribution in [0.5, 0.6) is 5.75 Å². The van der Waals surface area contributed by atoms with E-state index < -0.39 is 79.9 Å². The molecule has 0 radical (unpaired) electrons. The molecule has 1 N–H and O–H groups in total. The zero-order valence-electron chi connectivity index (χ0n) is 30.2. The first-order chi connectivity index (χ1) is 25.3. The summed E-state index contributed by atoms with van der Waals surface area (Å²) in [5.74, 6) is -4.77. The molecule has 3 amide bonds. The number of esters is 2. The van der Waals surface area contributed by atoms with Crippen molar-refractivity contribution in [3.05, 3.63) is 82.4 Å². The molecule has 1 unspecified atom stereocenters. The highest BCUT2D eigenvalue weighted by Gasteiger charge is 2.79. The Morgan fingerprint density at radius 2 is 1.57 bits per heavy atom. The number of para-hydroxylation sites is 1. The fraction of sp³-hybridized carbons (Fsp3) is 0.421. The molecular formula is C38H38Br2N2O12. The van der Waals surface area contributed by atoms with Gasteiger partial charge in [0.15, 0.2) is 5.60 Å². The molecule has 4 heterocycles. The number of hydrogen-bond acceptors (Lipinski definition) is 12. The van der Waals surface area contributed by atoms with Crippen LogP contribution < -0.4 is 15.7 Å². The van der Waals surface area contributed by atoms with E-state index in [0.29, 0.717) is 16.7 Å². The first-order valence-corrected chi connectivity index (χ1v) is 18.6. The number of alkyl halides is 2. The number of rotatable bonds is 12. The minimum absolute atomic E-state index is 0.0582. The summed E-state index contributed by atoms with van der Waals surface area (Å²) in [4.78, 5) is 80.7. The van der Waals surface area contributed by atoms with Gasteiger partial charge < -0.3 is 28.1 Å². The van der Waals surface area contributed by atoms with Crippen molar-refractivity contribution in [3.8, 4) is 5.75 Å². The standard InChI is InChI=1S/C38H38Br2N2O12/c1-20-16-27(43)53-25-17-22(12-13-24(20)25)41-34(48)51-21(2)38-26(52-23-10-8-7-9-11-23)18-37(54-38,19-50-33(47)36(5,6)40)28-29(38)31(45)42(30(28)44)14-15-49-32(46)35(3,4)39/h7-13,16-18,21,28-29H,14-15,19H2,1-6H3,(H,41,48)/t21?,28-,29+,37-,38-/m0/s1. The lowest BCUT2D eigenvalue weighted by atomic mass is 9.69. The average Bonchev–Trinajstić information content (AvgIpc) is 3.67. The molecule has 2 fully saturated rings. The van der Waals surface area contributed by atoms with Crippen molar-refractivity contribution in [1.82, 2.24) is 4.90 Å². The molecule has 14 nitrogen and oxygen atoms in total. The normalized spacial score (nSPS) is 23.9. The Balaban J connectivity index is 1.36. The second-order valence-corrected chi connectivity index (χ2v) is 18.3. The van der Waals surface area contributed by atoms with Gasteiger partial charge in [0.1, 0.15) is 50.7 Å². The summed E-state index contributed by atoms with van der Waals surface area (Å²) < 4.78 is 33.3. The van der Waals surface area contributed by atoms with Gasteiger partial charge in [0, 0.05) is 23.2 Å². The number of fused-ring (bicyclic) bond motifs is 6. The minimum atomic E-state index is -1.91. The van der Waals surface area contributed by atoms with Crippen molar-refractivity contribution >= 4 is 78.4 Å². The van der Waals surface area contributed by atoms with Gasteiger partial charge in [-0.05, 0) is 77.4 Å². The number of likely N-dealkylation sites (tertiary alicyclic amines) is 1. The fourth-order valence-electron chi connectivity index (χ4n) is 6.94. The number of nitrogens with zero attached hydrogens (tertiary/aromatic N) is 1. The lowest BCUT2D eigenvalue weighted by Crippen LogP contribution is -2.53. The first-order valence-electron chi connectivity index (χ1n) is 17.0. The van der Waals surface area contributed by atoms with E-state index in [9.17, 15) is 28.8 Å². The Bertz CT molecular complexity index is 2120. The summed E-state index contributed by atoms with van der Waals surface area (Å²) in [5.41, 5.74) is -3.01. The molecule has 0 saturated carbocycles. The number of benzene rings is 2. The highest BCUT2D eigenvalue weighted by Crippen LogP contribution is 2.62. The molecule has 16 heteroatoms. The number of hydrogen-bond donors (Lipinski definition) is 1. The second-order valence-electron chi connectivity index (χ2n) is 14.3. The topological polar surface area (TPSA) is 177 Å². The average molecular weight is 875 g/mol. The Labute approximate surface area is 326 Å². The van der Waals surface area contributed by atoms with E-state index >= 15 is 0 Å². The molecule has 2 aromatic carbocycles. The Morgan fingerprint density at radius 1 is 0.926 bits per heavy atom. The second kappa shape index (κ2) is 14.3. The van der Waals surface area contributed by atoms with Crippen LogP contribution in [0.15, 0.2) is 75.6 Å². The Hall–Kier alpha value is -4.54. The van der Waals surface area contributed by atoms with E-state index in [4.69, 9.17) is 28.1 Å². The lowest BCUT2D eigenvalue weighted by Gasteiger charge is -2.37. The number of amides is 3. The van der Waals surface area contributed by atoms with E-state index in [1.165, 1.54) is 25.1 Å². The molecule has 6 rings (SSSR count). The minimum Gasteiger partial charge on any atom is -0.463 e. The van der Waals surface area contributed by atoms with Crippen molar-refractivity contribution in [2.75, 3.05) is 25.1 Å². The quantitative estimate of drug-likeness (QED) is 0.0790. The Morgan fingerprint density at radius 3 is 2.24 bits per heavy atom.